The van der Waals surface area contributed by atoms with E-state index in [0.717, 1.165) is 46.2 Å². The number of rotatable bonds is 5. The Bertz CT molecular complexity index is 2030. The molecule has 7 aromatic rings. The SMILES string of the molecule is CN1CN(c2cc(Oc3ccnc(-c4ccccn4)c3)cc(-n3c4ccccc4c4ccccc43)c2)c2ccccc21. The van der Waals surface area contributed by atoms with Gasteiger partial charge in [0.15, 0.2) is 0 Å². The summed E-state index contributed by atoms with van der Waals surface area (Å²) in [6.07, 6.45) is 3.54. The number of fused-ring (bicyclic) bond motifs is 4. The molecule has 202 valence electrons. The number of para-hydroxylation sites is 4. The average molecular weight is 546 g/mol. The first-order chi connectivity index (χ1) is 20.7. The topological polar surface area (TPSA) is 46.4 Å². The Morgan fingerprint density at radius 3 is 2.00 bits per heavy atom. The van der Waals surface area contributed by atoms with Crippen LogP contribution in [0.15, 0.2) is 134 Å². The molecule has 1 aliphatic rings. The van der Waals surface area contributed by atoms with Crippen molar-refractivity contribution in [2.24, 2.45) is 0 Å². The number of ether oxygens (including phenoxy) is 1. The molecule has 4 heterocycles. The van der Waals surface area contributed by atoms with Crippen LogP contribution in [-0.2, 0) is 0 Å². The summed E-state index contributed by atoms with van der Waals surface area (Å²) in [5.41, 5.74) is 8.35. The molecule has 42 heavy (non-hydrogen) atoms. The summed E-state index contributed by atoms with van der Waals surface area (Å²) in [4.78, 5) is 13.6. The van der Waals surface area contributed by atoms with Crippen LogP contribution in [0.3, 0.4) is 0 Å². The van der Waals surface area contributed by atoms with Gasteiger partial charge in [-0.15, -0.1) is 0 Å². The largest absolute Gasteiger partial charge is 0.457 e. The lowest BCUT2D eigenvalue weighted by Crippen LogP contribution is -2.24. The first-order valence-electron chi connectivity index (χ1n) is 14.0. The number of pyridine rings is 2. The van der Waals surface area contributed by atoms with E-state index in [1.807, 2.05) is 30.3 Å². The highest BCUT2D eigenvalue weighted by atomic mass is 16.5. The van der Waals surface area contributed by atoms with Crippen LogP contribution in [0.2, 0.25) is 0 Å². The molecular weight excluding hydrogens is 518 g/mol. The van der Waals surface area contributed by atoms with E-state index in [2.05, 4.69) is 122 Å². The quantitative estimate of drug-likeness (QED) is 0.217. The van der Waals surface area contributed by atoms with Gasteiger partial charge in [0, 0.05) is 54.1 Å². The first-order valence-corrected chi connectivity index (χ1v) is 14.0. The molecule has 8 rings (SSSR count). The summed E-state index contributed by atoms with van der Waals surface area (Å²) >= 11 is 0. The van der Waals surface area contributed by atoms with E-state index in [1.54, 1.807) is 12.4 Å². The van der Waals surface area contributed by atoms with Crippen LogP contribution in [0.4, 0.5) is 17.1 Å². The van der Waals surface area contributed by atoms with E-state index < -0.39 is 0 Å². The van der Waals surface area contributed by atoms with Gasteiger partial charge in [0.1, 0.15) is 11.5 Å². The highest BCUT2D eigenvalue weighted by molar-refractivity contribution is 6.09. The maximum atomic E-state index is 6.60. The maximum absolute atomic E-state index is 6.60. The Morgan fingerprint density at radius 2 is 1.24 bits per heavy atom. The van der Waals surface area contributed by atoms with Crippen molar-refractivity contribution in [3.05, 3.63) is 134 Å². The van der Waals surface area contributed by atoms with E-state index in [9.17, 15) is 0 Å². The van der Waals surface area contributed by atoms with Gasteiger partial charge in [0.05, 0.1) is 46.2 Å². The second-order valence-electron chi connectivity index (χ2n) is 10.5. The van der Waals surface area contributed by atoms with Crippen molar-refractivity contribution in [2.75, 3.05) is 23.5 Å². The first kappa shape index (κ1) is 24.2. The highest BCUT2D eigenvalue weighted by Crippen LogP contribution is 2.43. The van der Waals surface area contributed by atoms with Crippen molar-refractivity contribution >= 4 is 38.9 Å². The van der Waals surface area contributed by atoms with E-state index in [0.29, 0.717) is 5.75 Å². The van der Waals surface area contributed by atoms with Gasteiger partial charge in [-0.25, -0.2) is 0 Å². The molecule has 1 aliphatic heterocycles. The Labute approximate surface area is 243 Å². The highest BCUT2D eigenvalue weighted by Gasteiger charge is 2.25. The van der Waals surface area contributed by atoms with E-state index in [-0.39, 0.29) is 0 Å². The van der Waals surface area contributed by atoms with Crippen molar-refractivity contribution in [1.82, 2.24) is 14.5 Å². The molecule has 0 atom stereocenters. The average Bonchev–Trinajstić information content (AvgIpc) is 3.56. The van der Waals surface area contributed by atoms with E-state index >= 15 is 0 Å². The minimum atomic E-state index is 0.704. The van der Waals surface area contributed by atoms with Gasteiger partial charge >= 0.3 is 0 Å². The van der Waals surface area contributed by atoms with Crippen molar-refractivity contribution in [1.29, 1.82) is 0 Å². The predicted octanol–water partition coefficient (Wildman–Crippen LogP) is 8.58. The Balaban J connectivity index is 1.31. The van der Waals surface area contributed by atoms with E-state index in [1.165, 1.54) is 22.1 Å². The molecule has 0 amide bonds. The standard InChI is InChI=1S/C36H27N5O/c1-39-24-40(36-16-7-6-15-35(36)39)25-20-26(41-33-13-4-2-10-29(33)30-11-3-5-14-34(30)41)22-28(21-25)42-27-17-19-38-32(23-27)31-12-8-9-18-37-31/h2-23H,24H2,1H3. The molecule has 0 unspecified atom stereocenters. The van der Waals surface area contributed by atoms with Crippen LogP contribution in [0.5, 0.6) is 11.5 Å². The van der Waals surface area contributed by atoms with Gasteiger partial charge < -0.3 is 19.1 Å². The van der Waals surface area contributed by atoms with Crippen molar-refractivity contribution in [2.45, 2.75) is 0 Å². The number of nitrogens with zero attached hydrogens (tertiary/aromatic N) is 5. The molecular formula is C36H27N5O. The third-order valence-corrected chi connectivity index (χ3v) is 7.86. The summed E-state index contributed by atoms with van der Waals surface area (Å²) < 4.78 is 8.93. The zero-order valence-electron chi connectivity index (χ0n) is 23.1. The number of aromatic nitrogens is 3. The van der Waals surface area contributed by atoms with Crippen molar-refractivity contribution in [3.63, 3.8) is 0 Å². The molecule has 0 saturated heterocycles. The fraction of sp³-hybridized carbons (Fsp3) is 0.0556. The zero-order chi connectivity index (χ0) is 28.0. The van der Waals surface area contributed by atoms with Gasteiger partial charge in [0.25, 0.3) is 0 Å². The van der Waals surface area contributed by atoms with Crippen LogP contribution in [0.25, 0.3) is 38.9 Å². The second kappa shape index (κ2) is 9.78. The van der Waals surface area contributed by atoms with Crippen LogP contribution in [0.1, 0.15) is 0 Å². The lowest BCUT2D eigenvalue weighted by Gasteiger charge is -2.22. The molecule has 0 spiro atoms. The Hall–Kier alpha value is -5.62. The third-order valence-electron chi connectivity index (χ3n) is 7.86. The van der Waals surface area contributed by atoms with Gasteiger partial charge in [0.2, 0.25) is 0 Å². The zero-order valence-corrected chi connectivity index (χ0v) is 23.1. The number of anilines is 3. The molecule has 6 heteroatoms. The fourth-order valence-corrected chi connectivity index (χ4v) is 5.98. The minimum absolute atomic E-state index is 0.704. The molecule has 0 bridgehead atoms. The summed E-state index contributed by atoms with van der Waals surface area (Å²) in [6.45, 7) is 0.745. The van der Waals surface area contributed by atoms with Crippen molar-refractivity contribution < 1.29 is 4.74 Å². The van der Waals surface area contributed by atoms with E-state index in [4.69, 9.17) is 4.74 Å². The summed E-state index contributed by atoms with van der Waals surface area (Å²) in [6, 6.07) is 41.8. The van der Waals surface area contributed by atoms with Gasteiger partial charge in [-0.05, 0) is 48.5 Å². The minimum Gasteiger partial charge on any atom is -0.457 e. The van der Waals surface area contributed by atoms with Gasteiger partial charge in [-0.1, -0.05) is 54.6 Å². The Morgan fingerprint density at radius 1 is 0.571 bits per heavy atom. The number of benzene rings is 4. The molecule has 6 nitrogen and oxygen atoms in total. The maximum Gasteiger partial charge on any atom is 0.131 e. The Kier molecular flexibility index (Phi) is 5.64. The predicted molar refractivity (Wildman–Crippen MR) is 170 cm³/mol. The van der Waals surface area contributed by atoms with Crippen LogP contribution < -0.4 is 14.5 Å². The van der Waals surface area contributed by atoms with Crippen LogP contribution in [0, 0.1) is 0 Å². The monoisotopic (exact) mass is 545 g/mol. The van der Waals surface area contributed by atoms with Gasteiger partial charge in [-0.3, -0.25) is 9.97 Å². The molecule has 0 aliphatic carbocycles. The van der Waals surface area contributed by atoms with Crippen LogP contribution >= 0.6 is 0 Å². The molecule has 0 radical (unpaired) electrons. The summed E-state index contributed by atoms with van der Waals surface area (Å²) in [5.74, 6) is 1.45. The van der Waals surface area contributed by atoms with Gasteiger partial charge in [-0.2, -0.15) is 0 Å². The number of hydrogen-bond acceptors (Lipinski definition) is 5. The third kappa shape index (κ3) is 4.04. The smallest absolute Gasteiger partial charge is 0.131 e. The summed E-state index contributed by atoms with van der Waals surface area (Å²) in [5, 5.41) is 2.45. The normalized spacial score (nSPS) is 12.7. The molecule has 0 saturated carbocycles. The molecule has 0 N–H and O–H groups in total. The van der Waals surface area contributed by atoms with Crippen LogP contribution in [-0.4, -0.2) is 28.3 Å². The second-order valence-corrected chi connectivity index (χ2v) is 10.5. The fourth-order valence-electron chi connectivity index (χ4n) is 5.98. The lowest BCUT2D eigenvalue weighted by atomic mass is 10.2. The molecule has 0 fully saturated rings. The van der Waals surface area contributed by atoms with Crippen molar-refractivity contribution in [3.8, 4) is 28.6 Å². The molecule has 3 aromatic heterocycles. The lowest BCUT2D eigenvalue weighted by molar-refractivity contribution is 0.482. The summed E-state index contributed by atoms with van der Waals surface area (Å²) in [7, 11) is 2.13. The number of hydrogen-bond donors (Lipinski definition) is 0. The molecule has 4 aromatic carbocycles.